The zero-order chi connectivity index (χ0) is 25.2. The van der Waals surface area contributed by atoms with E-state index < -0.39 is 16.0 Å². The van der Waals surface area contributed by atoms with Gasteiger partial charge in [0.15, 0.2) is 0 Å². The van der Waals surface area contributed by atoms with Gasteiger partial charge in [0.1, 0.15) is 11.9 Å². The molecule has 35 heavy (non-hydrogen) atoms. The molecule has 2 saturated carbocycles. The van der Waals surface area contributed by atoms with Crippen LogP contribution in [0.25, 0.3) is 0 Å². The maximum atomic E-state index is 13.0. The topological polar surface area (TPSA) is 107 Å². The first-order valence-corrected chi connectivity index (χ1v) is 13.8. The number of carbonyl (C=O) groups is 1. The fourth-order valence-corrected chi connectivity index (χ4v) is 8.12. The molecule has 7 heteroatoms. The van der Waals surface area contributed by atoms with Crippen molar-refractivity contribution in [3.8, 4) is 5.75 Å². The number of ether oxygens (including phenoxy) is 1. The molecular weight excluding hydrogens is 462 g/mol. The van der Waals surface area contributed by atoms with Crippen LogP contribution in [0.3, 0.4) is 0 Å². The third kappa shape index (κ3) is 3.89. The standard InChI is InChI=1S/C28H33NO5S/c1-4-28-11-10-27(3)16-21(34-26(31)18-6-5-7-22(14-18)35(29,32)33)15-24(27)25(28)17(2)12-19-13-20(30)8-9-23(19)28/h4-9,13-14,17,21,24-25,30H,1,10-12,15-16H2,2-3H3,(H2,29,32,33)/t17?,21-,24?,25?,27-,28-/m1/s1. The van der Waals surface area contributed by atoms with E-state index in [4.69, 9.17) is 9.88 Å². The molecule has 3 N–H and O–H groups in total. The molecule has 2 fully saturated rings. The quantitative estimate of drug-likeness (QED) is 0.472. The average molecular weight is 496 g/mol. The molecule has 3 aliphatic carbocycles. The van der Waals surface area contributed by atoms with Gasteiger partial charge in [-0.3, -0.25) is 0 Å². The minimum Gasteiger partial charge on any atom is -0.508 e. The summed E-state index contributed by atoms with van der Waals surface area (Å²) < 4.78 is 29.4. The fraction of sp³-hybridized carbons (Fsp3) is 0.464. The lowest BCUT2D eigenvalue weighted by atomic mass is 9.46. The predicted octanol–water partition coefficient (Wildman–Crippen LogP) is 4.71. The number of primary sulfonamides is 1. The van der Waals surface area contributed by atoms with Gasteiger partial charge in [-0.25, -0.2) is 18.4 Å². The first kappa shape index (κ1) is 24.1. The summed E-state index contributed by atoms with van der Waals surface area (Å²) in [7, 11) is -3.90. The van der Waals surface area contributed by atoms with Gasteiger partial charge in [0.2, 0.25) is 10.0 Å². The number of hydrogen-bond donors (Lipinski definition) is 2. The van der Waals surface area contributed by atoms with Crippen molar-refractivity contribution < 1.29 is 23.1 Å². The van der Waals surface area contributed by atoms with E-state index >= 15 is 0 Å². The van der Waals surface area contributed by atoms with E-state index in [0.717, 1.165) is 32.1 Å². The highest BCUT2D eigenvalue weighted by molar-refractivity contribution is 7.89. The van der Waals surface area contributed by atoms with Crippen molar-refractivity contribution in [3.05, 3.63) is 71.8 Å². The summed E-state index contributed by atoms with van der Waals surface area (Å²) in [5.41, 5.74) is 2.56. The minimum atomic E-state index is -3.90. The highest BCUT2D eigenvalue weighted by Crippen LogP contribution is 2.65. The second-order valence-electron chi connectivity index (χ2n) is 11.1. The summed E-state index contributed by atoms with van der Waals surface area (Å²) in [6.07, 6.45) is 6.34. The maximum Gasteiger partial charge on any atom is 0.338 e. The van der Waals surface area contributed by atoms with E-state index in [1.807, 2.05) is 6.07 Å². The van der Waals surface area contributed by atoms with Gasteiger partial charge >= 0.3 is 5.97 Å². The molecule has 5 rings (SSSR count). The van der Waals surface area contributed by atoms with Crippen molar-refractivity contribution in [2.45, 2.75) is 62.4 Å². The highest BCUT2D eigenvalue weighted by Gasteiger charge is 2.60. The molecular formula is C28H33NO5S. The Morgan fingerprint density at radius 3 is 2.71 bits per heavy atom. The van der Waals surface area contributed by atoms with Gasteiger partial charge in [-0.05, 0) is 96.7 Å². The summed E-state index contributed by atoms with van der Waals surface area (Å²) in [6, 6.07) is 11.4. The lowest BCUT2D eigenvalue weighted by Gasteiger charge is -2.57. The molecule has 0 heterocycles. The van der Waals surface area contributed by atoms with Crippen molar-refractivity contribution in [1.29, 1.82) is 0 Å². The molecule has 3 unspecified atom stereocenters. The van der Waals surface area contributed by atoms with Crippen molar-refractivity contribution in [1.82, 2.24) is 0 Å². The smallest absolute Gasteiger partial charge is 0.338 e. The monoisotopic (exact) mass is 495 g/mol. The van der Waals surface area contributed by atoms with Crippen molar-refractivity contribution >= 4 is 16.0 Å². The van der Waals surface area contributed by atoms with Crippen LogP contribution in [-0.2, 0) is 26.6 Å². The number of esters is 1. The maximum absolute atomic E-state index is 13.0. The van der Waals surface area contributed by atoms with Crippen LogP contribution in [0.4, 0.5) is 0 Å². The summed E-state index contributed by atoms with van der Waals surface area (Å²) in [6.45, 7) is 8.89. The first-order chi connectivity index (χ1) is 16.5. The molecule has 2 aromatic carbocycles. The van der Waals surface area contributed by atoms with E-state index in [9.17, 15) is 18.3 Å². The number of phenols is 1. The normalized spacial score (nSPS) is 33.8. The zero-order valence-corrected chi connectivity index (χ0v) is 21.1. The molecule has 6 atom stereocenters. The molecule has 3 aliphatic rings. The van der Waals surface area contributed by atoms with E-state index in [2.05, 4.69) is 32.6 Å². The van der Waals surface area contributed by atoms with Gasteiger partial charge in [-0.2, -0.15) is 0 Å². The van der Waals surface area contributed by atoms with Gasteiger partial charge in [0.25, 0.3) is 0 Å². The lowest BCUT2D eigenvalue weighted by molar-refractivity contribution is -0.000314. The molecule has 0 aromatic heterocycles. The van der Waals surface area contributed by atoms with E-state index in [0.29, 0.717) is 23.5 Å². The van der Waals surface area contributed by atoms with Crippen LogP contribution in [0.2, 0.25) is 0 Å². The molecule has 0 radical (unpaired) electrons. The Morgan fingerprint density at radius 1 is 1.23 bits per heavy atom. The van der Waals surface area contributed by atoms with Crippen molar-refractivity contribution in [2.24, 2.45) is 28.3 Å². The van der Waals surface area contributed by atoms with Crippen LogP contribution in [0.15, 0.2) is 60.0 Å². The van der Waals surface area contributed by atoms with Gasteiger partial charge in [0, 0.05) is 5.41 Å². The van der Waals surface area contributed by atoms with Crippen molar-refractivity contribution in [3.63, 3.8) is 0 Å². The summed E-state index contributed by atoms with van der Waals surface area (Å²) in [4.78, 5) is 12.9. The van der Waals surface area contributed by atoms with Crippen LogP contribution in [0, 0.1) is 23.2 Å². The van der Waals surface area contributed by atoms with Crippen LogP contribution >= 0.6 is 0 Å². The van der Waals surface area contributed by atoms with Crippen molar-refractivity contribution in [2.75, 3.05) is 0 Å². The Kier molecular flexibility index (Phi) is 5.64. The Hall–Kier alpha value is -2.64. The number of allylic oxidation sites excluding steroid dienone is 1. The molecule has 0 amide bonds. The number of carbonyl (C=O) groups excluding carboxylic acids is 1. The van der Waals surface area contributed by atoms with Crippen LogP contribution in [-0.4, -0.2) is 25.6 Å². The molecule has 0 saturated heterocycles. The van der Waals surface area contributed by atoms with Crippen LogP contribution in [0.5, 0.6) is 5.75 Å². The van der Waals surface area contributed by atoms with Gasteiger partial charge in [-0.15, -0.1) is 6.58 Å². The van der Waals surface area contributed by atoms with E-state index in [-0.39, 0.29) is 27.4 Å². The number of fused-ring (bicyclic) bond motifs is 5. The molecule has 0 aliphatic heterocycles. The SMILES string of the molecule is C=C[C@]12CC[C@]3(C)C[C@H](OC(=O)c4cccc(S(N)(=O)=O)c4)CC3C1C(C)Cc1cc(O)ccc12. The fourth-order valence-electron chi connectivity index (χ4n) is 7.56. The van der Waals surface area contributed by atoms with Crippen LogP contribution in [0.1, 0.15) is 61.0 Å². The first-order valence-electron chi connectivity index (χ1n) is 12.3. The molecule has 6 nitrogen and oxygen atoms in total. The lowest BCUT2D eigenvalue weighted by Crippen LogP contribution is -2.52. The number of hydrogen-bond acceptors (Lipinski definition) is 5. The average Bonchev–Trinajstić information content (AvgIpc) is 3.13. The number of aromatic hydroxyl groups is 1. The summed E-state index contributed by atoms with van der Waals surface area (Å²) in [5.74, 6) is 0.904. The number of sulfonamides is 1. The Bertz CT molecular complexity index is 1300. The van der Waals surface area contributed by atoms with Gasteiger partial charge in [0.05, 0.1) is 10.5 Å². The molecule has 186 valence electrons. The van der Waals surface area contributed by atoms with E-state index in [1.165, 1.54) is 29.3 Å². The van der Waals surface area contributed by atoms with Crippen LogP contribution < -0.4 is 5.14 Å². The molecule has 2 aromatic rings. The number of benzene rings is 2. The third-order valence-electron chi connectivity index (χ3n) is 9.03. The largest absolute Gasteiger partial charge is 0.508 e. The Morgan fingerprint density at radius 2 is 2.00 bits per heavy atom. The van der Waals surface area contributed by atoms with Gasteiger partial charge in [-0.1, -0.05) is 32.1 Å². The number of nitrogens with two attached hydrogens (primary N) is 1. The minimum absolute atomic E-state index is 0.0489. The second kappa shape index (κ2) is 8.20. The highest BCUT2D eigenvalue weighted by atomic mass is 32.2. The summed E-state index contributed by atoms with van der Waals surface area (Å²) in [5, 5.41) is 15.3. The summed E-state index contributed by atoms with van der Waals surface area (Å²) >= 11 is 0. The number of phenolic OH excluding ortho intramolecular Hbond substituents is 1. The molecule has 0 bridgehead atoms. The second-order valence-corrected chi connectivity index (χ2v) is 12.7. The third-order valence-corrected chi connectivity index (χ3v) is 9.94. The van der Waals surface area contributed by atoms with E-state index in [1.54, 1.807) is 12.1 Å². The molecule has 0 spiro atoms. The predicted molar refractivity (Wildman–Crippen MR) is 133 cm³/mol. The Balaban J connectivity index is 1.42. The zero-order valence-electron chi connectivity index (χ0n) is 20.2. The number of rotatable bonds is 4. The Labute approximate surface area is 207 Å². The van der Waals surface area contributed by atoms with Gasteiger partial charge < -0.3 is 9.84 Å².